The van der Waals surface area contributed by atoms with Gasteiger partial charge in [0.1, 0.15) is 5.82 Å². The number of nitrogens with one attached hydrogen (secondary N) is 1. The molecule has 122 valence electrons. The number of urea groups is 1. The molecule has 2 rings (SSSR count). The van der Waals surface area contributed by atoms with Gasteiger partial charge >= 0.3 is 35.6 Å². The van der Waals surface area contributed by atoms with Crippen LogP contribution in [0.2, 0.25) is 5.02 Å². The number of amides is 2. The molecule has 24 heavy (non-hydrogen) atoms. The van der Waals surface area contributed by atoms with Gasteiger partial charge in [-0.2, -0.15) is 9.97 Å². The SMILES string of the molecule is COc1nc(C)nc(NC(=O)[N-]S(=O)(=O)c2ccccc2Cl)n1.[Na+]. The van der Waals surface area contributed by atoms with Gasteiger partial charge in [-0.1, -0.05) is 23.7 Å². The first kappa shape index (κ1) is 20.6. The van der Waals surface area contributed by atoms with Crippen molar-refractivity contribution in [2.45, 2.75) is 11.8 Å². The van der Waals surface area contributed by atoms with E-state index < -0.39 is 16.1 Å². The maximum Gasteiger partial charge on any atom is 1.00 e. The van der Waals surface area contributed by atoms with Gasteiger partial charge in [-0.15, -0.1) is 0 Å². The second kappa shape index (κ2) is 8.58. The fourth-order valence-electron chi connectivity index (χ4n) is 1.54. The molecular formula is C12H11ClN5NaO4S. The van der Waals surface area contributed by atoms with Crippen LogP contribution in [0.1, 0.15) is 5.82 Å². The van der Waals surface area contributed by atoms with Crippen molar-refractivity contribution in [3.63, 3.8) is 0 Å². The molecule has 1 N–H and O–H groups in total. The fraction of sp³-hybridized carbons (Fsp3) is 0.167. The first-order valence-corrected chi connectivity index (χ1v) is 7.94. The summed E-state index contributed by atoms with van der Waals surface area (Å²) in [6.45, 7) is 1.55. The van der Waals surface area contributed by atoms with Gasteiger partial charge < -0.3 is 14.8 Å². The molecule has 0 saturated carbocycles. The smallest absolute Gasteiger partial charge is 0.467 e. The molecule has 1 aromatic carbocycles. The number of carbonyl (C=O) groups excluding carboxylic acids is 1. The summed E-state index contributed by atoms with van der Waals surface area (Å²) < 4.78 is 32.0. The third-order valence-electron chi connectivity index (χ3n) is 2.45. The second-order valence-corrected chi connectivity index (χ2v) is 6.10. The van der Waals surface area contributed by atoms with Crippen LogP contribution in [0.5, 0.6) is 6.01 Å². The van der Waals surface area contributed by atoms with Crippen LogP contribution in [0, 0.1) is 6.92 Å². The number of aromatic nitrogens is 3. The monoisotopic (exact) mass is 379 g/mol. The molecule has 0 fully saturated rings. The summed E-state index contributed by atoms with van der Waals surface area (Å²) in [4.78, 5) is 22.9. The Morgan fingerprint density at radius 2 is 1.92 bits per heavy atom. The minimum Gasteiger partial charge on any atom is -0.467 e. The van der Waals surface area contributed by atoms with E-state index in [4.69, 9.17) is 16.3 Å². The van der Waals surface area contributed by atoms with Crippen LogP contribution in [0.3, 0.4) is 0 Å². The van der Waals surface area contributed by atoms with Crippen LogP contribution in [0.15, 0.2) is 29.2 Å². The van der Waals surface area contributed by atoms with Crippen molar-refractivity contribution in [2.75, 3.05) is 12.4 Å². The number of halogens is 1. The molecule has 0 bridgehead atoms. The maximum atomic E-state index is 12.1. The number of hydrogen-bond acceptors (Lipinski definition) is 7. The zero-order valence-corrected chi connectivity index (χ0v) is 16.6. The van der Waals surface area contributed by atoms with E-state index in [-0.39, 0.29) is 57.3 Å². The second-order valence-electron chi connectivity index (χ2n) is 4.12. The van der Waals surface area contributed by atoms with E-state index in [0.29, 0.717) is 0 Å². The number of rotatable bonds is 4. The number of hydrogen-bond donors (Lipinski definition) is 1. The van der Waals surface area contributed by atoms with Crippen LogP contribution in [0.25, 0.3) is 4.72 Å². The molecule has 12 heteroatoms. The topological polar surface area (TPSA) is 125 Å². The third kappa shape index (κ3) is 5.28. The molecule has 2 amide bonds. The minimum atomic E-state index is -4.26. The molecule has 0 atom stereocenters. The van der Waals surface area contributed by atoms with Crippen molar-refractivity contribution in [2.24, 2.45) is 0 Å². The van der Waals surface area contributed by atoms with Gasteiger partial charge in [0, 0.05) is 0 Å². The molecule has 0 unspecified atom stereocenters. The first-order chi connectivity index (χ1) is 10.8. The van der Waals surface area contributed by atoms with E-state index in [2.05, 4.69) is 25.0 Å². The van der Waals surface area contributed by atoms with E-state index in [1.54, 1.807) is 13.0 Å². The largest absolute Gasteiger partial charge is 1.00 e. The zero-order valence-electron chi connectivity index (χ0n) is 13.0. The van der Waals surface area contributed by atoms with E-state index in [9.17, 15) is 13.2 Å². The van der Waals surface area contributed by atoms with Gasteiger partial charge in [-0.3, -0.25) is 4.79 Å². The number of aryl methyl sites for hydroxylation is 1. The molecule has 9 nitrogen and oxygen atoms in total. The Morgan fingerprint density at radius 1 is 1.25 bits per heavy atom. The fourth-order valence-corrected chi connectivity index (χ4v) is 2.89. The third-order valence-corrected chi connectivity index (χ3v) is 4.21. The van der Waals surface area contributed by atoms with E-state index >= 15 is 0 Å². The van der Waals surface area contributed by atoms with Crippen LogP contribution in [-0.4, -0.2) is 36.5 Å². The normalized spacial score (nSPS) is 10.5. The van der Waals surface area contributed by atoms with E-state index in [0.717, 1.165) is 0 Å². The van der Waals surface area contributed by atoms with Crippen molar-refractivity contribution >= 4 is 33.6 Å². The number of sulfonamides is 1. The van der Waals surface area contributed by atoms with Crippen molar-refractivity contribution in [3.05, 3.63) is 39.8 Å². The molecule has 0 aliphatic carbocycles. The van der Waals surface area contributed by atoms with Crippen LogP contribution in [0.4, 0.5) is 10.7 Å². The summed E-state index contributed by atoms with van der Waals surface area (Å²) in [5.41, 5.74) is 0. The van der Waals surface area contributed by atoms with Crippen molar-refractivity contribution in [3.8, 4) is 6.01 Å². The first-order valence-electron chi connectivity index (χ1n) is 6.12. The standard InChI is InChI=1S/C12H12ClN5O4S.Na/c1-7-14-10(17-12(15-7)22-2)16-11(19)18-23(20,21)9-6-4-3-5-8(9)13;/h3-6H,1-2H3,(H2,14,15,16,17,18,19);/q;+1/p-1. The van der Waals surface area contributed by atoms with Crippen LogP contribution in [-0.2, 0) is 10.0 Å². The summed E-state index contributed by atoms with van der Waals surface area (Å²) in [6.07, 6.45) is 0. The average Bonchev–Trinajstić information content (AvgIpc) is 2.46. The van der Waals surface area contributed by atoms with Crippen molar-refractivity contribution in [1.82, 2.24) is 15.0 Å². The van der Waals surface area contributed by atoms with Gasteiger partial charge in [0.15, 0.2) is 12.0 Å². The molecule has 0 aliphatic heterocycles. The number of methoxy groups -OCH3 is 1. The number of anilines is 1. The van der Waals surface area contributed by atoms with E-state index in [1.807, 2.05) is 0 Å². The molecule has 1 aromatic heterocycles. The Morgan fingerprint density at radius 3 is 2.54 bits per heavy atom. The minimum absolute atomic E-state index is 0. The Balaban J connectivity index is 0.00000288. The molecule has 0 aliphatic rings. The number of nitrogens with zero attached hydrogens (tertiary/aromatic N) is 4. The summed E-state index contributed by atoms with van der Waals surface area (Å²) in [5.74, 6) is 0.0959. The summed E-state index contributed by atoms with van der Waals surface area (Å²) in [5, 5.41) is 2.09. The van der Waals surface area contributed by atoms with Gasteiger partial charge in [-0.05, 0) is 19.1 Å². The van der Waals surface area contributed by atoms with Crippen molar-refractivity contribution < 1.29 is 47.5 Å². The predicted octanol–water partition coefficient (Wildman–Crippen LogP) is -0.859. The van der Waals surface area contributed by atoms with Crippen LogP contribution < -0.4 is 39.6 Å². The predicted molar refractivity (Wildman–Crippen MR) is 82.1 cm³/mol. The maximum absolute atomic E-state index is 12.1. The van der Waals surface area contributed by atoms with Gasteiger partial charge in [-0.25, -0.2) is 13.4 Å². The summed E-state index contributed by atoms with van der Waals surface area (Å²) in [7, 11) is -2.92. The number of ether oxygens (including phenoxy) is 1. The molecule has 0 saturated heterocycles. The number of carbonyl (C=O) groups is 1. The van der Waals surface area contributed by atoms with Crippen LogP contribution >= 0.6 is 11.6 Å². The summed E-state index contributed by atoms with van der Waals surface area (Å²) >= 11 is 5.79. The Bertz CT molecular complexity index is 849. The zero-order chi connectivity index (χ0) is 17.0. The number of benzene rings is 1. The quantitative estimate of drug-likeness (QED) is 0.685. The Hall–Kier alpha value is -1.46. The summed E-state index contributed by atoms with van der Waals surface area (Å²) in [6, 6.07) is 4.44. The Labute approximate surface area is 165 Å². The Kier molecular flexibility index (Phi) is 7.36. The van der Waals surface area contributed by atoms with Crippen molar-refractivity contribution in [1.29, 1.82) is 0 Å². The molecule has 1 heterocycles. The molecular weight excluding hydrogens is 369 g/mol. The average molecular weight is 380 g/mol. The molecule has 2 aromatic rings. The van der Waals surface area contributed by atoms with Gasteiger partial charge in [0.2, 0.25) is 10.0 Å². The van der Waals surface area contributed by atoms with E-state index in [1.165, 1.54) is 25.3 Å². The van der Waals surface area contributed by atoms with Gasteiger partial charge in [0.05, 0.1) is 17.0 Å². The molecule has 0 spiro atoms. The van der Waals surface area contributed by atoms with Gasteiger partial charge in [0.25, 0.3) is 0 Å². The molecule has 0 radical (unpaired) electrons.